The highest BCUT2D eigenvalue weighted by Gasteiger charge is 2.41. The molecule has 0 spiro atoms. The second kappa shape index (κ2) is 4.24. The van der Waals surface area contributed by atoms with Crippen molar-refractivity contribution >= 4 is 21.4 Å². The zero-order chi connectivity index (χ0) is 13.5. The molecule has 1 aliphatic heterocycles. The number of benzene rings is 1. The Hall–Kier alpha value is -1.63. The third kappa shape index (κ3) is 1.66. The third-order valence-electron chi connectivity index (χ3n) is 3.16. The zero-order valence-corrected chi connectivity index (χ0v) is 11.0. The van der Waals surface area contributed by atoms with E-state index in [-0.39, 0.29) is 5.69 Å². The molecule has 98 valence electrons. The summed E-state index contributed by atoms with van der Waals surface area (Å²) in [5.74, 6) is 0. The maximum Gasteiger partial charge on any atom is 0.269 e. The van der Waals surface area contributed by atoms with Gasteiger partial charge in [-0.15, -0.1) is 0 Å². The molecule has 6 nitrogen and oxygen atoms in total. The number of fused-ring (bicyclic) bond motifs is 1. The predicted molar refractivity (Wildman–Crippen MR) is 68.1 cm³/mol. The van der Waals surface area contributed by atoms with E-state index in [0.29, 0.717) is 24.2 Å². The van der Waals surface area contributed by atoms with Crippen LogP contribution >= 0.6 is 0 Å². The smallest absolute Gasteiger partial charge is 0.269 e. The minimum absolute atomic E-state index is 0.0691. The maximum atomic E-state index is 12.2. The minimum atomic E-state index is -3.42. The summed E-state index contributed by atoms with van der Waals surface area (Å²) in [7, 11) is -3.42. The molecule has 2 rings (SSSR count). The Bertz CT molecular complexity index is 597. The van der Waals surface area contributed by atoms with E-state index >= 15 is 0 Å². The van der Waals surface area contributed by atoms with Crippen LogP contribution in [0.4, 0.5) is 11.4 Å². The number of rotatable bonds is 3. The second-order valence-electron chi connectivity index (χ2n) is 4.11. The molecule has 0 fully saturated rings. The van der Waals surface area contributed by atoms with Gasteiger partial charge in [0.1, 0.15) is 5.25 Å². The first kappa shape index (κ1) is 12.8. The van der Waals surface area contributed by atoms with E-state index < -0.39 is 20.2 Å². The largest absolute Gasteiger partial charge is 0.270 e. The number of nitro benzene ring substituents is 1. The Morgan fingerprint density at radius 2 is 2.06 bits per heavy atom. The van der Waals surface area contributed by atoms with Crippen molar-refractivity contribution in [1.29, 1.82) is 0 Å². The molecule has 1 unspecified atom stereocenters. The van der Waals surface area contributed by atoms with Gasteiger partial charge in [0.2, 0.25) is 10.0 Å². The lowest BCUT2D eigenvalue weighted by atomic mass is 10.1. The molecule has 0 saturated heterocycles. The number of non-ortho nitro benzene ring substituents is 1. The fourth-order valence-electron chi connectivity index (χ4n) is 2.37. The molecular formula is C11H14N2O4S. The number of sulfonamides is 1. The van der Waals surface area contributed by atoms with Gasteiger partial charge in [-0.25, -0.2) is 8.42 Å². The average molecular weight is 270 g/mol. The van der Waals surface area contributed by atoms with Crippen LogP contribution in [0, 0.1) is 10.1 Å². The van der Waals surface area contributed by atoms with Crippen LogP contribution in [0.15, 0.2) is 18.2 Å². The van der Waals surface area contributed by atoms with Crippen LogP contribution in [0.25, 0.3) is 0 Å². The monoisotopic (exact) mass is 270 g/mol. The van der Waals surface area contributed by atoms with Gasteiger partial charge in [0.25, 0.3) is 5.69 Å². The van der Waals surface area contributed by atoms with E-state index in [1.165, 1.54) is 22.5 Å². The first-order valence-corrected chi connectivity index (χ1v) is 7.23. The van der Waals surface area contributed by atoms with Crippen LogP contribution in [0.2, 0.25) is 0 Å². The summed E-state index contributed by atoms with van der Waals surface area (Å²) >= 11 is 0. The van der Waals surface area contributed by atoms with Gasteiger partial charge in [0, 0.05) is 24.2 Å². The van der Waals surface area contributed by atoms with Gasteiger partial charge in [-0.05, 0) is 19.4 Å². The summed E-state index contributed by atoms with van der Waals surface area (Å²) < 4.78 is 25.8. The van der Waals surface area contributed by atoms with Crippen molar-refractivity contribution in [2.75, 3.05) is 10.8 Å². The molecule has 0 N–H and O–H groups in total. The third-order valence-corrected chi connectivity index (χ3v) is 5.54. The summed E-state index contributed by atoms with van der Waals surface area (Å²) in [5, 5.41) is 10.1. The van der Waals surface area contributed by atoms with Crippen molar-refractivity contribution < 1.29 is 13.3 Å². The van der Waals surface area contributed by atoms with Gasteiger partial charge in [0.15, 0.2) is 0 Å². The fraction of sp³-hybridized carbons (Fsp3) is 0.455. The first-order chi connectivity index (χ1) is 8.43. The van der Waals surface area contributed by atoms with Gasteiger partial charge < -0.3 is 0 Å². The van der Waals surface area contributed by atoms with Crippen molar-refractivity contribution in [2.45, 2.75) is 25.5 Å². The molecule has 0 saturated carbocycles. The van der Waals surface area contributed by atoms with E-state index in [0.717, 1.165) is 0 Å². The summed E-state index contributed by atoms with van der Waals surface area (Å²) in [6.07, 6.45) is 0.410. The predicted octanol–water partition coefficient (Wildman–Crippen LogP) is 2.22. The lowest BCUT2D eigenvalue weighted by Gasteiger charge is -2.16. The second-order valence-corrected chi connectivity index (χ2v) is 6.15. The number of anilines is 1. The van der Waals surface area contributed by atoms with Crippen LogP contribution in [0.5, 0.6) is 0 Å². The Balaban J connectivity index is 2.65. The van der Waals surface area contributed by atoms with Crippen LogP contribution in [0.3, 0.4) is 0 Å². The van der Waals surface area contributed by atoms with Gasteiger partial charge in [0.05, 0.1) is 10.6 Å². The van der Waals surface area contributed by atoms with Crippen LogP contribution in [-0.4, -0.2) is 19.9 Å². The van der Waals surface area contributed by atoms with Crippen molar-refractivity contribution in [2.24, 2.45) is 0 Å². The summed E-state index contributed by atoms with van der Waals surface area (Å²) in [6.45, 7) is 3.86. The normalized spacial score (nSPS) is 20.8. The number of hydrogen-bond donors (Lipinski definition) is 0. The van der Waals surface area contributed by atoms with Crippen molar-refractivity contribution in [3.63, 3.8) is 0 Å². The van der Waals surface area contributed by atoms with Crippen molar-refractivity contribution in [3.8, 4) is 0 Å². The average Bonchev–Trinajstić information content (AvgIpc) is 2.53. The molecular weight excluding hydrogens is 256 g/mol. The Morgan fingerprint density at radius 1 is 1.39 bits per heavy atom. The topological polar surface area (TPSA) is 80.5 Å². The first-order valence-electron chi connectivity index (χ1n) is 5.73. The van der Waals surface area contributed by atoms with Gasteiger partial charge in [-0.1, -0.05) is 6.92 Å². The fourth-order valence-corrected chi connectivity index (χ4v) is 4.41. The van der Waals surface area contributed by atoms with Crippen LogP contribution in [0.1, 0.15) is 31.1 Å². The molecule has 7 heteroatoms. The van der Waals surface area contributed by atoms with Gasteiger partial charge >= 0.3 is 0 Å². The summed E-state index contributed by atoms with van der Waals surface area (Å²) in [5.41, 5.74) is 1.03. The van der Waals surface area contributed by atoms with Crippen molar-refractivity contribution in [1.82, 2.24) is 0 Å². The van der Waals surface area contributed by atoms with E-state index in [2.05, 4.69) is 0 Å². The SMILES string of the molecule is CCC1c2cc([N+](=O)[O-])ccc2N(CC)S1(=O)=O. The number of nitrogens with zero attached hydrogens (tertiary/aromatic N) is 2. The van der Waals surface area contributed by atoms with Gasteiger partial charge in [-0.3, -0.25) is 14.4 Å². The summed E-state index contributed by atoms with van der Waals surface area (Å²) in [4.78, 5) is 10.2. The highest BCUT2D eigenvalue weighted by molar-refractivity contribution is 7.93. The molecule has 1 aromatic carbocycles. The molecule has 1 aromatic rings. The summed E-state index contributed by atoms with van der Waals surface area (Å²) in [6, 6.07) is 4.23. The molecule has 0 aliphatic carbocycles. The Kier molecular flexibility index (Phi) is 3.02. The molecule has 0 bridgehead atoms. The Morgan fingerprint density at radius 3 is 2.56 bits per heavy atom. The lowest BCUT2D eigenvalue weighted by Crippen LogP contribution is -2.28. The highest BCUT2D eigenvalue weighted by Crippen LogP contribution is 2.45. The van der Waals surface area contributed by atoms with E-state index in [4.69, 9.17) is 0 Å². The quantitative estimate of drug-likeness (QED) is 0.623. The number of nitro groups is 1. The zero-order valence-electron chi connectivity index (χ0n) is 10.2. The number of hydrogen-bond acceptors (Lipinski definition) is 4. The molecule has 0 radical (unpaired) electrons. The minimum Gasteiger partial charge on any atom is -0.270 e. The molecule has 1 aliphatic rings. The van der Waals surface area contributed by atoms with Gasteiger partial charge in [-0.2, -0.15) is 0 Å². The van der Waals surface area contributed by atoms with Crippen LogP contribution < -0.4 is 4.31 Å². The molecule has 1 atom stereocenters. The van der Waals surface area contributed by atoms with E-state index in [9.17, 15) is 18.5 Å². The van der Waals surface area contributed by atoms with E-state index in [1.807, 2.05) is 0 Å². The van der Waals surface area contributed by atoms with Crippen molar-refractivity contribution in [3.05, 3.63) is 33.9 Å². The lowest BCUT2D eigenvalue weighted by molar-refractivity contribution is -0.384. The van der Waals surface area contributed by atoms with Crippen LogP contribution in [-0.2, 0) is 10.0 Å². The molecule has 18 heavy (non-hydrogen) atoms. The van der Waals surface area contributed by atoms with E-state index in [1.54, 1.807) is 13.8 Å². The maximum absolute atomic E-state index is 12.2. The molecule has 0 aromatic heterocycles. The standard InChI is InChI=1S/C11H14N2O4S/c1-3-11-9-7-8(13(14)15)5-6-10(9)12(4-2)18(11,16)17/h5-7,11H,3-4H2,1-2H3. The highest BCUT2D eigenvalue weighted by atomic mass is 32.2. The Labute approximate surface area is 105 Å². The molecule has 0 amide bonds. The molecule has 1 heterocycles.